The summed E-state index contributed by atoms with van der Waals surface area (Å²) in [5.74, 6) is 1.15. The number of carbonyl (C=O) groups excluding carboxylic acids is 1. The molecule has 6 heteroatoms. The van der Waals surface area contributed by atoms with Gasteiger partial charge in [-0.1, -0.05) is 18.0 Å². The number of amides is 1. The van der Waals surface area contributed by atoms with Crippen LogP contribution in [0, 0.1) is 11.8 Å². The number of nitrogens with zero attached hydrogens (tertiary/aromatic N) is 2. The molecule has 1 aromatic heterocycles. The van der Waals surface area contributed by atoms with E-state index >= 15 is 0 Å². The molecule has 1 aromatic rings. The fraction of sp³-hybridized carbons (Fsp3) is 0.750. The minimum absolute atomic E-state index is 0.0778. The molecule has 2 atom stereocenters. The zero-order valence-corrected chi connectivity index (χ0v) is 10.5. The van der Waals surface area contributed by atoms with E-state index in [2.05, 4.69) is 20.0 Å². The Bertz CT molecular complexity index is 366. The molecule has 1 heterocycles. The van der Waals surface area contributed by atoms with Crippen molar-refractivity contribution >= 4 is 5.91 Å². The predicted octanol–water partition coefficient (Wildman–Crippen LogP) is 0.493. The van der Waals surface area contributed by atoms with E-state index in [1.165, 1.54) is 12.8 Å². The van der Waals surface area contributed by atoms with E-state index in [1.54, 1.807) is 0 Å². The number of carbonyl (C=O) groups is 1. The van der Waals surface area contributed by atoms with Crippen LogP contribution in [0.3, 0.4) is 0 Å². The molecule has 0 bridgehead atoms. The maximum Gasteiger partial charge on any atom is 0.223 e. The molecule has 0 radical (unpaired) electrons. The second-order valence-corrected chi connectivity index (χ2v) is 4.78. The summed E-state index contributed by atoms with van der Waals surface area (Å²) in [6.45, 7) is 1.15. The van der Waals surface area contributed by atoms with Gasteiger partial charge in [0.05, 0.1) is 0 Å². The van der Waals surface area contributed by atoms with Gasteiger partial charge in [-0.3, -0.25) is 4.79 Å². The monoisotopic (exact) mass is 252 g/mol. The van der Waals surface area contributed by atoms with Gasteiger partial charge < -0.3 is 15.6 Å². The molecule has 1 aliphatic rings. The lowest BCUT2D eigenvalue weighted by molar-refractivity contribution is -0.127. The number of hydrogen-bond acceptors (Lipinski definition) is 5. The van der Waals surface area contributed by atoms with Crippen LogP contribution in [0.4, 0.5) is 0 Å². The van der Waals surface area contributed by atoms with Crippen LogP contribution in [0.15, 0.2) is 10.9 Å². The second kappa shape index (κ2) is 6.49. The average Bonchev–Trinajstić information content (AvgIpc) is 2.91. The minimum Gasteiger partial charge on any atom is -0.355 e. The molecule has 0 saturated heterocycles. The lowest BCUT2D eigenvalue weighted by Crippen LogP contribution is -2.40. The summed E-state index contributed by atoms with van der Waals surface area (Å²) in [7, 11) is 0. The van der Waals surface area contributed by atoms with Crippen molar-refractivity contribution in [2.45, 2.75) is 32.1 Å². The highest BCUT2D eigenvalue weighted by Crippen LogP contribution is 2.29. The molecule has 2 unspecified atom stereocenters. The van der Waals surface area contributed by atoms with E-state index in [0.29, 0.717) is 31.3 Å². The highest BCUT2D eigenvalue weighted by Gasteiger charge is 2.29. The van der Waals surface area contributed by atoms with Gasteiger partial charge >= 0.3 is 0 Å². The zero-order valence-electron chi connectivity index (χ0n) is 10.5. The Morgan fingerprint density at radius 2 is 2.33 bits per heavy atom. The number of nitrogens with two attached hydrogens (primary N) is 1. The lowest BCUT2D eigenvalue weighted by atomic mass is 9.79. The van der Waals surface area contributed by atoms with E-state index in [4.69, 9.17) is 5.73 Å². The van der Waals surface area contributed by atoms with Crippen LogP contribution in [0.25, 0.3) is 0 Å². The molecule has 6 nitrogen and oxygen atoms in total. The maximum atomic E-state index is 12.1. The fourth-order valence-corrected chi connectivity index (χ4v) is 2.57. The molecular weight excluding hydrogens is 232 g/mol. The fourth-order valence-electron chi connectivity index (χ4n) is 2.57. The quantitative estimate of drug-likeness (QED) is 0.795. The van der Waals surface area contributed by atoms with Crippen molar-refractivity contribution in [2.24, 2.45) is 17.6 Å². The first-order chi connectivity index (χ1) is 8.81. The highest BCUT2D eigenvalue weighted by atomic mass is 16.5. The SMILES string of the molecule is NCC1CCCCC1C(=O)NCCc1ncon1. The van der Waals surface area contributed by atoms with Gasteiger partial charge in [-0.15, -0.1) is 0 Å². The van der Waals surface area contributed by atoms with Crippen LogP contribution in [-0.2, 0) is 11.2 Å². The predicted molar refractivity (Wildman–Crippen MR) is 65.5 cm³/mol. The van der Waals surface area contributed by atoms with Crippen LogP contribution < -0.4 is 11.1 Å². The topological polar surface area (TPSA) is 94.0 Å². The Balaban J connectivity index is 1.76. The summed E-state index contributed by atoms with van der Waals surface area (Å²) in [5, 5.41) is 6.64. The van der Waals surface area contributed by atoms with Crippen molar-refractivity contribution in [1.29, 1.82) is 0 Å². The van der Waals surface area contributed by atoms with Gasteiger partial charge in [-0.05, 0) is 25.3 Å². The standard InChI is InChI=1S/C12H20N4O2/c13-7-9-3-1-2-4-10(9)12(17)14-6-5-11-15-8-18-16-11/h8-10H,1-7,13H2,(H,14,17). The van der Waals surface area contributed by atoms with Crippen molar-refractivity contribution in [2.75, 3.05) is 13.1 Å². The van der Waals surface area contributed by atoms with Crippen molar-refractivity contribution < 1.29 is 9.32 Å². The van der Waals surface area contributed by atoms with Crippen LogP contribution in [-0.4, -0.2) is 29.1 Å². The van der Waals surface area contributed by atoms with Crippen molar-refractivity contribution in [1.82, 2.24) is 15.5 Å². The van der Waals surface area contributed by atoms with E-state index in [9.17, 15) is 4.79 Å². The molecule has 1 saturated carbocycles. The van der Waals surface area contributed by atoms with Gasteiger partial charge in [0.15, 0.2) is 5.82 Å². The lowest BCUT2D eigenvalue weighted by Gasteiger charge is -2.29. The number of hydrogen-bond donors (Lipinski definition) is 2. The van der Waals surface area contributed by atoms with Gasteiger partial charge in [0.25, 0.3) is 0 Å². The van der Waals surface area contributed by atoms with Crippen LogP contribution in [0.1, 0.15) is 31.5 Å². The summed E-state index contributed by atoms with van der Waals surface area (Å²) >= 11 is 0. The van der Waals surface area contributed by atoms with Gasteiger partial charge in [-0.2, -0.15) is 4.98 Å². The largest absolute Gasteiger partial charge is 0.355 e. The average molecular weight is 252 g/mol. The van der Waals surface area contributed by atoms with Crippen molar-refractivity contribution in [3.05, 3.63) is 12.2 Å². The first-order valence-corrected chi connectivity index (χ1v) is 6.54. The first kappa shape index (κ1) is 13.0. The summed E-state index contributed by atoms with van der Waals surface area (Å²) in [4.78, 5) is 16.0. The van der Waals surface area contributed by atoms with E-state index in [1.807, 2.05) is 0 Å². The van der Waals surface area contributed by atoms with Crippen LogP contribution in [0.2, 0.25) is 0 Å². The Morgan fingerprint density at radius 1 is 1.50 bits per heavy atom. The number of nitrogens with one attached hydrogen (secondary N) is 1. The van der Waals surface area contributed by atoms with Gasteiger partial charge in [0.1, 0.15) is 0 Å². The molecule has 0 aromatic carbocycles. The normalized spacial score (nSPS) is 23.8. The molecule has 3 N–H and O–H groups in total. The summed E-state index contributed by atoms with van der Waals surface area (Å²) in [6.07, 6.45) is 6.23. The van der Waals surface area contributed by atoms with Gasteiger partial charge in [-0.25, -0.2) is 0 Å². The van der Waals surface area contributed by atoms with Crippen molar-refractivity contribution in [3.8, 4) is 0 Å². The van der Waals surface area contributed by atoms with E-state index in [-0.39, 0.29) is 11.8 Å². The van der Waals surface area contributed by atoms with E-state index in [0.717, 1.165) is 19.3 Å². The molecule has 2 rings (SSSR count). The summed E-state index contributed by atoms with van der Waals surface area (Å²) in [5.41, 5.74) is 5.72. The molecule has 1 aliphatic carbocycles. The molecular formula is C12H20N4O2. The maximum absolute atomic E-state index is 12.1. The smallest absolute Gasteiger partial charge is 0.223 e. The molecule has 0 spiro atoms. The molecule has 100 valence electrons. The summed E-state index contributed by atoms with van der Waals surface area (Å²) in [6, 6.07) is 0. The Hall–Kier alpha value is -1.43. The van der Waals surface area contributed by atoms with Crippen molar-refractivity contribution in [3.63, 3.8) is 0 Å². The van der Waals surface area contributed by atoms with E-state index < -0.39 is 0 Å². The summed E-state index contributed by atoms with van der Waals surface area (Å²) < 4.78 is 4.63. The highest BCUT2D eigenvalue weighted by molar-refractivity contribution is 5.79. The number of aromatic nitrogens is 2. The second-order valence-electron chi connectivity index (χ2n) is 4.78. The third kappa shape index (κ3) is 3.29. The first-order valence-electron chi connectivity index (χ1n) is 6.54. The Morgan fingerprint density at radius 3 is 3.06 bits per heavy atom. The van der Waals surface area contributed by atoms with Crippen LogP contribution >= 0.6 is 0 Å². The van der Waals surface area contributed by atoms with Gasteiger partial charge in [0.2, 0.25) is 12.3 Å². The molecule has 1 fully saturated rings. The minimum atomic E-state index is 0.0778. The van der Waals surface area contributed by atoms with Gasteiger partial charge in [0, 0.05) is 18.9 Å². The van der Waals surface area contributed by atoms with Crippen LogP contribution in [0.5, 0.6) is 0 Å². The molecule has 1 amide bonds. The zero-order chi connectivity index (χ0) is 12.8. The Kier molecular flexibility index (Phi) is 4.69. The molecule has 18 heavy (non-hydrogen) atoms. The third-order valence-electron chi connectivity index (χ3n) is 3.60. The Labute approximate surface area is 106 Å². The third-order valence-corrected chi connectivity index (χ3v) is 3.60. The number of rotatable bonds is 5. The molecule has 0 aliphatic heterocycles.